The largest absolute Gasteiger partial charge is 0.493 e. The molecule has 1 aliphatic heterocycles. The second-order valence-corrected chi connectivity index (χ2v) is 8.63. The van der Waals surface area contributed by atoms with Crippen LogP contribution in [0.3, 0.4) is 0 Å². The molecule has 6 nitrogen and oxygen atoms in total. The van der Waals surface area contributed by atoms with Gasteiger partial charge in [-0.2, -0.15) is 0 Å². The summed E-state index contributed by atoms with van der Waals surface area (Å²) >= 11 is 1.50. The molecule has 0 aliphatic carbocycles. The van der Waals surface area contributed by atoms with Crippen molar-refractivity contribution in [1.29, 1.82) is 0 Å². The lowest BCUT2D eigenvalue weighted by Gasteiger charge is -2.18. The number of halogens is 1. The third-order valence-electron chi connectivity index (χ3n) is 5.59. The fraction of sp³-hybridized carbons (Fsp3) is 0.333. The predicted molar refractivity (Wildman–Crippen MR) is 124 cm³/mol. The molecule has 0 spiro atoms. The number of amides is 1. The zero-order valence-corrected chi connectivity index (χ0v) is 19.0. The summed E-state index contributed by atoms with van der Waals surface area (Å²) < 4.78 is 23.8. The fourth-order valence-electron chi connectivity index (χ4n) is 3.86. The van der Waals surface area contributed by atoms with Crippen molar-refractivity contribution < 1.29 is 18.7 Å². The lowest BCUT2D eigenvalue weighted by Crippen LogP contribution is -2.32. The molecule has 2 aromatic carbocycles. The maximum Gasteiger partial charge on any atom is 0.226 e. The van der Waals surface area contributed by atoms with Crippen molar-refractivity contribution in [2.24, 2.45) is 5.92 Å². The average Bonchev–Trinajstić information content (AvgIpc) is 3.47. The number of rotatable bonds is 8. The van der Waals surface area contributed by atoms with E-state index in [1.54, 1.807) is 26.4 Å². The Morgan fingerprint density at radius 2 is 1.97 bits per heavy atom. The van der Waals surface area contributed by atoms with E-state index < -0.39 is 0 Å². The Bertz CT molecular complexity index is 1070. The van der Waals surface area contributed by atoms with Crippen molar-refractivity contribution in [3.63, 3.8) is 0 Å². The summed E-state index contributed by atoms with van der Waals surface area (Å²) in [6, 6.07) is 12.2. The van der Waals surface area contributed by atoms with Crippen LogP contribution in [-0.2, 0) is 11.2 Å². The number of nitrogens with zero attached hydrogens (tertiary/aromatic N) is 2. The lowest BCUT2D eigenvalue weighted by molar-refractivity contribution is -0.120. The van der Waals surface area contributed by atoms with E-state index in [9.17, 15) is 9.18 Å². The van der Waals surface area contributed by atoms with Crippen molar-refractivity contribution in [3.8, 4) is 22.1 Å². The molecule has 1 aromatic heterocycles. The van der Waals surface area contributed by atoms with Gasteiger partial charge < -0.3 is 19.7 Å². The maximum absolute atomic E-state index is 13.1. The number of anilines is 1. The topological polar surface area (TPSA) is 63.7 Å². The van der Waals surface area contributed by atoms with Gasteiger partial charge >= 0.3 is 0 Å². The number of carbonyl (C=O) groups excluding carboxylic acids is 1. The molecular formula is C24H26FN3O3S. The second kappa shape index (κ2) is 9.99. The van der Waals surface area contributed by atoms with Crippen molar-refractivity contribution >= 4 is 22.9 Å². The third-order valence-corrected chi connectivity index (χ3v) is 6.53. The molecule has 1 N–H and O–H groups in total. The molecule has 1 aliphatic rings. The molecule has 2 heterocycles. The van der Waals surface area contributed by atoms with E-state index in [4.69, 9.17) is 9.47 Å². The number of ether oxygens (including phenoxy) is 2. The predicted octanol–water partition coefficient (Wildman–Crippen LogP) is 4.15. The zero-order valence-electron chi connectivity index (χ0n) is 18.1. The van der Waals surface area contributed by atoms with E-state index in [0.717, 1.165) is 41.5 Å². The maximum atomic E-state index is 13.1. The molecule has 8 heteroatoms. The van der Waals surface area contributed by atoms with Crippen LogP contribution >= 0.6 is 11.3 Å². The van der Waals surface area contributed by atoms with Gasteiger partial charge in [-0.25, -0.2) is 9.37 Å². The first-order valence-corrected chi connectivity index (χ1v) is 11.4. The zero-order chi connectivity index (χ0) is 22.5. The van der Waals surface area contributed by atoms with Crippen LogP contribution in [0.4, 0.5) is 10.1 Å². The second-order valence-electron chi connectivity index (χ2n) is 7.77. The van der Waals surface area contributed by atoms with Crippen LogP contribution in [0.5, 0.6) is 11.5 Å². The summed E-state index contributed by atoms with van der Waals surface area (Å²) in [6.45, 7) is 2.39. The van der Waals surface area contributed by atoms with Gasteiger partial charge in [0.05, 0.1) is 26.3 Å². The molecule has 168 valence electrons. The van der Waals surface area contributed by atoms with Gasteiger partial charge in [0.2, 0.25) is 5.91 Å². The minimum absolute atomic E-state index is 0.0330. The molecular weight excluding hydrogens is 429 g/mol. The van der Waals surface area contributed by atoms with Crippen LogP contribution in [0.15, 0.2) is 47.8 Å². The SMILES string of the molecule is COc1ccc(-c2nc(CC(=O)NC[C@H]3CCN(c4ccc(F)cc4)C3)cs2)cc1OC. The van der Waals surface area contributed by atoms with E-state index in [1.807, 2.05) is 23.6 Å². The number of nitrogens with one attached hydrogen (secondary N) is 1. The van der Waals surface area contributed by atoms with Crippen LogP contribution in [0.25, 0.3) is 10.6 Å². The van der Waals surface area contributed by atoms with Gasteiger partial charge in [0, 0.05) is 36.3 Å². The third kappa shape index (κ3) is 5.19. The van der Waals surface area contributed by atoms with E-state index in [1.165, 1.54) is 23.5 Å². The molecule has 3 aromatic rings. The molecule has 0 unspecified atom stereocenters. The normalized spacial score (nSPS) is 15.6. The number of methoxy groups -OCH3 is 2. The Balaban J connectivity index is 1.28. The van der Waals surface area contributed by atoms with Crippen LogP contribution in [0, 0.1) is 11.7 Å². The van der Waals surface area contributed by atoms with Crippen LogP contribution in [0.1, 0.15) is 12.1 Å². The molecule has 1 saturated heterocycles. The lowest BCUT2D eigenvalue weighted by atomic mass is 10.1. The molecule has 4 rings (SSSR count). The Morgan fingerprint density at radius 3 is 2.72 bits per heavy atom. The van der Waals surface area contributed by atoms with Gasteiger partial charge in [-0.3, -0.25) is 4.79 Å². The Hall–Kier alpha value is -3.13. The number of hydrogen-bond acceptors (Lipinski definition) is 6. The summed E-state index contributed by atoms with van der Waals surface area (Å²) in [5, 5.41) is 5.79. The first-order chi connectivity index (χ1) is 15.6. The summed E-state index contributed by atoms with van der Waals surface area (Å²) in [4.78, 5) is 19.3. The first-order valence-electron chi connectivity index (χ1n) is 10.5. The Kier molecular flexibility index (Phi) is 6.90. The number of hydrogen-bond donors (Lipinski definition) is 1. The van der Waals surface area contributed by atoms with Gasteiger partial charge in [0.15, 0.2) is 11.5 Å². The fourth-order valence-corrected chi connectivity index (χ4v) is 4.68. The van der Waals surface area contributed by atoms with Gasteiger partial charge in [-0.05, 0) is 54.8 Å². The molecule has 0 saturated carbocycles. The van der Waals surface area contributed by atoms with Gasteiger partial charge in [-0.1, -0.05) is 0 Å². The molecule has 32 heavy (non-hydrogen) atoms. The van der Waals surface area contributed by atoms with Gasteiger partial charge in [0.25, 0.3) is 0 Å². The minimum atomic E-state index is -0.229. The molecule has 1 amide bonds. The van der Waals surface area contributed by atoms with E-state index in [2.05, 4.69) is 15.2 Å². The minimum Gasteiger partial charge on any atom is -0.493 e. The van der Waals surface area contributed by atoms with Crippen LogP contribution in [-0.4, -0.2) is 44.7 Å². The average molecular weight is 456 g/mol. The smallest absolute Gasteiger partial charge is 0.226 e. The Labute approximate surface area is 191 Å². The highest BCUT2D eigenvalue weighted by Crippen LogP contribution is 2.33. The number of benzene rings is 2. The van der Waals surface area contributed by atoms with Crippen LogP contribution in [0.2, 0.25) is 0 Å². The highest BCUT2D eigenvalue weighted by atomic mass is 32.1. The summed E-state index contributed by atoms with van der Waals surface area (Å²) in [5.74, 6) is 1.42. The summed E-state index contributed by atoms with van der Waals surface area (Å²) in [5.41, 5.74) is 2.69. The van der Waals surface area contributed by atoms with Crippen molar-refractivity contribution in [2.45, 2.75) is 12.8 Å². The highest BCUT2D eigenvalue weighted by molar-refractivity contribution is 7.13. The molecule has 0 radical (unpaired) electrons. The summed E-state index contributed by atoms with van der Waals surface area (Å²) in [7, 11) is 3.20. The highest BCUT2D eigenvalue weighted by Gasteiger charge is 2.23. The number of thiazole rings is 1. The van der Waals surface area contributed by atoms with E-state index in [-0.39, 0.29) is 18.1 Å². The van der Waals surface area contributed by atoms with Crippen molar-refractivity contribution in [1.82, 2.24) is 10.3 Å². The monoisotopic (exact) mass is 455 g/mol. The molecule has 0 bridgehead atoms. The molecule has 1 fully saturated rings. The number of carbonyl (C=O) groups is 1. The standard InChI is InChI=1S/C24H26FN3O3S/c1-30-21-8-3-17(11-22(21)31-2)24-27-19(15-32-24)12-23(29)26-13-16-9-10-28(14-16)20-6-4-18(25)5-7-20/h3-8,11,15-16H,9-10,12-14H2,1-2H3,(H,26,29)/t16-/m1/s1. The van der Waals surface area contributed by atoms with Gasteiger partial charge in [-0.15, -0.1) is 11.3 Å². The Morgan fingerprint density at radius 1 is 1.19 bits per heavy atom. The van der Waals surface area contributed by atoms with Crippen LogP contribution < -0.4 is 19.7 Å². The first kappa shape index (κ1) is 22.1. The summed E-state index contributed by atoms with van der Waals surface area (Å²) in [6.07, 6.45) is 1.25. The van der Waals surface area contributed by atoms with Gasteiger partial charge in [0.1, 0.15) is 10.8 Å². The molecule has 1 atom stereocenters. The van der Waals surface area contributed by atoms with Crippen molar-refractivity contribution in [2.75, 3.05) is 38.8 Å². The van der Waals surface area contributed by atoms with Crippen molar-refractivity contribution in [3.05, 3.63) is 59.4 Å². The number of aromatic nitrogens is 1. The quantitative estimate of drug-likeness (QED) is 0.553. The van der Waals surface area contributed by atoms with E-state index in [0.29, 0.717) is 24.0 Å². The van der Waals surface area contributed by atoms with E-state index >= 15 is 0 Å².